The predicted octanol–water partition coefficient (Wildman–Crippen LogP) is 0.361. The summed E-state index contributed by atoms with van der Waals surface area (Å²) in [6, 6.07) is 0. The fraction of sp³-hybridized carbons (Fsp3) is 0.700. The van der Waals surface area contributed by atoms with E-state index >= 15 is 0 Å². The summed E-state index contributed by atoms with van der Waals surface area (Å²) in [5.41, 5.74) is 0. The van der Waals surface area contributed by atoms with E-state index in [0.29, 0.717) is 0 Å². The van der Waals surface area contributed by atoms with Gasteiger partial charge in [-0.05, 0) is 13.8 Å². The van der Waals surface area contributed by atoms with Gasteiger partial charge < -0.3 is 14.6 Å². The van der Waals surface area contributed by atoms with E-state index in [4.69, 9.17) is 14.6 Å². The van der Waals surface area contributed by atoms with Crippen LogP contribution in [0.3, 0.4) is 0 Å². The van der Waals surface area contributed by atoms with Gasteiger partial charge in [-0.1, -0.05) is 5.92 Å². The van der Waals surface area contributed by atoms with Gasteiger partial charge >= 0.3 is 5.97 Å². The molecule has 0 aromatic heterocycles. The molecule has 0 bridgehead atoms. The third kappa shape index (κ3) is 5.37. The Bertz CT molecular complexity index is 246. The van der Waals surface area contributed by atoms with Gasteiger partial charge in [-0.15, -0.1) is 0 Å². The maximum atomic E-state index is 10.2. The van der Waals surface area contributed by atoms with E-state index in [9.17, 15) is 4.79 Å². The number of aliphatic carboxylic acids is 1. The summed E-state index contributed by atoms with van der Waals surface area (Å²) in [7, 11) is 3.15. The van der Waals surface area contributed by atoms with Crippen LogP contribution in [-0.4, -0.2) is 49.2 Å². The van der Waals surface area contributed by atoms with Gasteiger partial charge in [-0.2, -0.15) is 0 Å². The highest BCUT2D eigenvalue weighted by molar-refractivity contribution is 5.86. The molecule has 0 amide bonds. The normalized spacial score (nSPS) is 14.2. The number of hydrogen-bond donors (Lipinski definition) is 1. The van der Waals surface area contributed by atoms with Crippen LogP contribution in [0.4, 0.5) is 0 Å². The highest BCUT2D eigenvalue weighted by Gasteiger charge is 2.18. The first kappa shape index (κ1) is 13.9. The van der Waals surface area contributed by atoms with E-state index in [1.54, 1.807) is 19.1 Å². The van der Waals surface area contributed by atoms with Crippen molar-refractivity contribution in [3.63, 3.8) is 0 Å². The Morgan fingerprint density at radius 2 is 1.80 bits per heavy atom. The Kier molecular flexibility index (Phi) is 6.71. The Hall–Kier alpha value is -1.09. The van der Waals surface area contributed by atoms with Crippen LogP contribution in [0, 0.1) is 11.8 Å². The first-order chi connectivity index (χ1) is 7.02. The average Bonchev–Trinajstić information content (AvgIpc) is 2.22. The zero-order chi connectivity index (χ0) is 11.8. The summed E-state index contributed by atoms with van der Waals surface area (Å²) >= 11 is 0. The number of methoxy groups -OCH3 is 2. The summed E-state index contributed by atoms with van der Waals surface area (Å²) in [6.45, 7) is 3.98. The Labute approximate surface area is 90.0 Å². The van der Waals surface area contributed by atoms with Crippen LogP contribution in [0.25, 0.3) is 0 Å². The minimum Gasteiger partial charge on any atom is -0.472 e. The summed E-state index contributed by atoms with van der Waals surface area (Å²) in [5.74, 6) is 3.45. The topological polar surface area (TPSA) is 59.0 Å². The van der Waals surface area contributed by atoms with Crippen LogP contribution in [0.15, 0.2) is 0 Å². The maximum absolute atomic E-state index is 10.2. The number of rotatable bonds is 5. The van der Waals surface area contributed by atoms with Crippen molar-refractivity contribution in [3.8, 4) is 11.8 Å². The monoisotopic (exact) mass is 215 g/mol. The molecule has 2 atom stereocenters. The largest absolute Gasteiger partial charge is 0.472 e. The second-order valence-corrected chi connectivity index (χ2v) is 2.95. The highest BCUT2D eigenvalue weighted by Crippen LogP contribution is 2.05. The molecule has 0 saturated heterocycles. The molecule has 0 saturated carbocycles. The van der Waals surface area contributed by atoms with Crippen LogP contribution in [0.1, 0.15) is 13.8 Å². The summed E-state index contributed by atoms with van der Waals surface area (Å²) in [5, 5.41) is 8.36. The molecule has 5 heteroatoms. The molecule has 0 aliphatic carbocycles. The lowest BCUT2D eigenvalue weighted by molar-refractivity contribution is -0.130. The standard InChI is InChI=1S/C10H17NO4/c1-8(14-3)11(9(2)15-4)7-5-6-10(12)13/h8-9H,7H2,1-4H3,(H,12,13). The van der Waals surface area contributed by atoms with E-state index < -0.39 is 5.97 Å². The van der Waals surface area contributed by atoms with Gasteiger partial charge in [0.1, 0.15) is 12.5 Å². The van der Waals surface area contributed by atoms with Gasteiger partial charge in [-0.25, -0.2) is 9.69 Å². The van der Waals surface area contributed by atoms with Crippen molar-refractivity contribution in [2.75, 3.05) is 20.8 Å². The SMILES string of the molecule is COC(C)N(CC#CC(=O)O)C(C)OC. The van der Waals surface area contributed by atoms with E-state index in [1.165, 1.54) is 0 Å². The molecule has 86 valence electrons. The van der Waals surface area contributed by atoms with Crippen LogP contribution in [0.2, 0.25) is 0 Å². The minimum absolute atomic E-state index is 0.178. The van der Waals surface area contributed by atoms with Crippen molar-refractivity contribution in [2.24, 2.45) is 0 Å². The van der Waals surface area contributed by atoms with Crippen molar-refractivity contribution in [1.29, 1.82) is 0 Å². The van der Waals surface area contributed by atoms with Crippen LogP contribution >= 0.6 is 0 Å². The molecule has 0 aliphatic heterocycles. The van der Waals surface area contributed by atoms with Gasteiger partial charge in [0, 0.05) is 20.1 Å². The summed E-state index contributed by atoms with van der Waals surface area (Å²) in [4.78, 5) is 12.0. The first-order valence-electron chi connectivity index (χ1n) is 4.56. The molecular formula is C10H17NO4. The molecule has 15 heavy (non-hydrogen) atoms. The number of carboxylic acids is 1. The van der Waals surface area contributed by atoms with Gasteiger partial charge in [0.25, 0.3) is 0 Å². The molecule has 0 spiro atoms. The summed E-state index contributed by atoms with van der Waals surface area (Å²) < 4.78 is 10.2. The van der Waals surface area contributed by atoms with Crippen LogP contribution in [-0.2, 0) is 14.3 Å². The van der Waals surface area contributed by atoms with E-state index in [0.717, 1.165) is 0 Å². The molecule has 5 nitrogen and oxygen atoms in total. The Morgan fingerprint density at radius 1 is 1.33 bits per heavy atom. The fourth-order valence-electron chi connectivity index (χ4n) is 1.03. The van der Waals surface area contributed by atoms with Gasteiger partial charge in [0.05, 0.1) is 6.54 Å². The lowest BCUT2D eigenvalue weighted by Crippen LogP contribution is -2.42. The van der Waals surface area contributed by atoms with Gasteiger partial charge in [-0.3, -0.25) is 0 Å². The van der Waals surface area contributed by atoms with Gasteiger partial charge in [0.15, 0.2) is 0 Å². The average molecular weight is 215 g/mol. The van der Waals surface area contributed by atoms with Crippen molar-refractivity contribution in [2.45, 2.75) is 26.3 Å². The zero-order valence-corrected chi connectivity index (χ0v) is 9.48. The second-order valence-electron chi connectivity index (χ2n) is 2.95. The number of carboxylic acid groups (broad SMARTS) is 1. The Balaban J connectivity index is 4.39. The molecule has 0 aromatic rings. The van der Waals surface area contributed by atoms with Crippen molar-refractivity contribution >= 4 is 5.97 Å². The van der Waals surface area contributed by atoms with Crippen molar-refractivity contribution in [1.82, 2.24) is 4.90 Å². The molecule has 0 heterocycles. The van der Waals surface area contributed by atoms with Crippen molar-refractivity contribution < 1.29 is 19.4 Å². The Morgan fingerprint density at radius 3 is 2.13 bits per heavy atom. The van der Waals surface area contributed by atoms with Crippen LogP contribution < -0.4 is 0 Å². The fourth-order valence-corrected chi connectivity index (χ4v) is 1.03. The second kappa shape index (κ2) is 7.23. The zero-order valence-electron chi connectivity index (χ0n) is 9.48. The molecule has 0 aromatic carbocycles. The maximum Gasteiger partial charge on any atom is 0.381 e. The third-order valence-electron chi connectivity index (χ3n) is 2.07. The predicted molar refractivity (Wildman–Crippen MR) is 55.1 cm³/mol. The number of ether oxygens (including phenoxy) is 2. The van der Waals surface area contributed by atoms with E-state index in [2.05, 4.69) is 5.92 Å². The molecule has 1 N–H and O–H groups in total. The van der Waals surface area contributed by atoms with Crippen LogP contribution in [0.5, 0.6) is 0 Å². The molecule has 0 fully saturated rings. The molecule has 0 radical (unpaired) electrons. The van der Waals surface area contributed by atoms with E-state index in [1.807, 2.05) is 19.8 Å². The lowest BCUT2D eigenvalue weighted by atomic mass is 10.4. The molecule has 2 unspecified atom stereocenters. The lowest BCUT2D eigenvalue weighted by Gasteiger charge is -2.30. The molecule has 0 aliphatic rings. The number of carbonyl (C=O) groups is 1. The first-order valence-corrected chi connectivity index (χ1v) is 4.56. The molecule has 0 rings (SSSR count). The van der Waals surface area contributed by atoms with E-state index in [-0.39, 0.29) is 19.0 Å². The smallest absolute Gasteiger partial charge is 0.381 e. The minimum atomic E-state index is -1.13. The number of nitrogens with zero attached hydrogens (tertiary/aromatic N) is 1. The number of hydrogen-bond acceptors (Lipinski definition) is 4. The molecular weight excluding hydrogens is 198 g/mol. The highest BCUT2D eigenvalue weighted by atomic mass is 16.5. The summed E-state index contributed by atoms with van der Waals surface area (Å²) in [6.07, 6.45) is -0.355. The van der Waals surface area contributed by atoms with Crippen molar-refractivity contribution in [3.05, 3.63) is 0 Å². The quantitative estimate of drug-likeness (QED) is 0.530. The third-order valence-corrected chi connectivity index (χ3v) is 2.07. The van der Waals surface area contributed by atoms with Gasteiger partial charge in [0.2, 0.25) is 0 Å².